The Morgan fingerprint density at radius 3 is 2.51 bits per heavy atom. The second-order valence-electron chi connectivity index (χ2n) is 9.21. The lowest BCUT2D eigenvalue weighted by molar-refractivity contribution is 0.262. The fourth-order valence-corrected chi connectivity index (χ4v) is 3.98. The van der Waals surface area contributed by atoms with Gasteiger partial charge in [0.15, 0.2) is 11.5 Å². The molecule has 0 aliphatic carbocycles. The largest absolute Gasteiger partial charge is 0.493 e. The molecule has 0 bridgehead atoms. The standard InChI is InChI=1S/C29H33FN6O3/c1-36(2)14-5-15-39-27-18-25-24(17-26(27)38-3)28(33-19-32-25)31-13-12-20-8-10-22(11-9-20)34-29(37)35-23-7-4-6-21(30)16-23/h4,6-11,16-19H,5,12-15H2,1-3H3,(H,31,32,33)(H2,34,35,37). The third-order valence-corrected chi connectivity index (χ3v) is 5.93. The van der Waals surface area contributed by atoms with Gasteiger partial charge in [-0.3, -0.25) is 0 Å². The van der Waals surface area contributed by atoms with Crippen molar-refractivity contribution in [1.82, 2.24) is 14.9 Å². The number of benzene rings is 3. The van der Waals surface area contributed by atoms with Crippen molar-refractivity contribution in [2.24, 2.45) is 0 Å². The number of nitrogens with one attached hydrogen (secondary N) is 3. The molecule has 0 saturated heterocycles. The van der Waals surface area contributed by atoms with Crippen molar-refractivity contribution in [1.29, 1.82) is 0 Å². The first-order valence-electron chi connectivity index (χ1n) is 12.7. The first kappa shape index (κ1) is 27.6. The smallest absolute Gasteiger partial charge is 0.323 e. The number of hydrogen-bond acceptors (Lipinski definition) is 7. The van der Waals surface area contributed by atoms with E-state index < -0.39 is 11.8 Å². The molecule has 4 rings (SSSR count). The molecule has 39 heavy (non-hydrogen) atoms. The molecule has 1 heterocycles. The van der Waals surface area contributed by atoms with Crippen molar-refractivity contribution in [2.45, 2.75) is 12.8 Å². The molecule has 3 N–H and O–H groups in total. The number of methoxy groups -OCH3 is 1. The molecule has 9 nitrogen and oxygen atoms in total. The monoisotopic (exact) mass is 532 g/mol. The summed E-state index contributed by atoms with van der Waals surface area (Å²) in [4.78, 5) is 23.1. The number of hydrogen-bond donors (Lipinski definition) is 3. The number of rotatable bonds is 12. The molecular formula is C29H33FN6O3. The minimum absolute atomic E-state index is 0.383. The SMILES string of the molecule is COc1cc2c(NCCc3ccc(NC(=O)Nc4cccc(F)c4)cc3)ncnc2cc1OCCCN(C)C. The fraction of sp³-hybridized carbons (Fsp3) is 0.276. The van der Waals surface area contributed by atoms with Gasteiger partial charge in [-0.2, -0.15) is 0 Å². The zero-order valence-electron chi connectivity index (χ0n) is 22.3. The van der Waals surface area contributed by atoms with E-state index in [2.05, 4.69) is 30.8 Å². The number of ether oxygens (including phenoxy) is 2. The van der Waals surface area contributed by atoms with Crippen molar-refractivity contribution in [3.63, 3.8) is 0 Å². The normalized spacial score (nSPS) is 10.9. The summed E-state index contributed by atoms with van der Waals surface area (Å²) >= 11 is 0. The molecule has 0 spiro atoms. The van der Waals surface area contributed by atoms with Crippen LogP contribution in [0.15, 0.2) is 67.0 Å². The summed E-state index contributed by atoms with van der Waals surface area (Å²) in [7, 11) is 5.69. The van der Waals surface area contributed by atoms with Crippen LogP contribution in [0.3, 0.4) is 0 Å². The molecule has 2 amide bonds. The van der Waals surface area contributed by atoms with E-state index in [1.54, 1.807) is 13.2 Å². The molecule has 3 aromatic carbocycles. The third-order valence-electron chi connectivity index (χ3n) is 5.93. The minimum Gasteiger partial charge on any atom is -0.493 e. The quantitative estimate of drug-likeness (QED) is 0.210. The van der Waals surface area contributed by atoms with E-state index in [1.807, 2.05) is 50.5 Å². The predicted molar refractivity (Wildman–Crippen MR) is 152 cm³/mol. The van der Waals surface area contributed by atoms with Gasteiger partial charge in [-0.15, -0.1) is 0 Å². The predicted octanol–water partition coefficient (Wildman–Crippen LogP) is 5.41. The summed E-state index contributed by atoms with van der Waals surface area (Å²) in [5.41, 5.74) is 2.87. The lowest BCUT2D eigenvalue weighted by Crippen LogP contribution is -2.19. The first-order chi connectivity index (χ1) is 18.9. The Kier molecular flexibility index (Phi) is 9.47. The third kappa shape index (κ3) is 8.02. The Hall–Kier alpha value is -4.44. The van der Waals surface area contributed by atoms with Crippen molar-refractivity contribution in [3.05, 3.63) is 78.4 Å². The summed E-state index contributed by atoms with van der Waals surface area (Å²) in [5.74, 6) is 1.59. The number of anilines is 3. The Morgan fingerprint density at radius 1 is 0.974 bits per heavy atom. The Morgan fingerprint density at radius 2 is 1.77 bits per heavy atom. The van der Waals surface area contributed by atoms with Gasteiger partial charge in [0.1, 0.15) is 18.0 Å². The number of urea groups is 1. The molecule has 204 valence electrons. The average Bonchev–Trinajstić information content (AvgIpc) is 2.91. The highest BCUT2D eigenvalue weighted by Gasteiger charge is 2.12. The zero-order valence-corrected chi connectivity index (χ0v) is 22.3. The van der Waals surface area contributed by atoms with Crippen LogP contribution in [0, 0.1) is 5.82 Å². The van der Waals surface area contributed by atoms with Gasteiger partial charge in [0.2, 0.25) is 0 Å². The van der Waals surface area contributed by atoms with E-state index >= 15 is 0 Å². The average molecular weight is 533 g/mol. The van der Waals surface area contributed by atoms with Gasteiger partial charge >= 0.3 is 6.03 Å². The molecule has 4 aromatic rings. The molecule has 0 atom stereocenters. The van der Waals surface area contributed by atoms with Crippen LogP contribution in [-0.4, -0.2) is 61.8 Å². The van der Waals surface area contributed by atoms with Gasteiger partial charge in [-0.1, -0.05) is 18.2 Å². The topological polar surface area (TPSA) is 101 Å². The first-order valence-corrected chi connectivity index (χ1v) is 12.7. The maximum absolute atomic E-state index is 13.3. The molecule has 1 aromatic heterocycles. The van der Waals surface area contributed by atoms with Gasteiger partial charge in [-0.05, 0) is 68.9 Å². The second-order valence-corrected chi connectivity index (χ2v) is 9.21. The highest BCUT2D eigenvalue weighted by Crippen LogP contribution is 2.34. The van der Waals surface area contributed by atoms with Crippen molar-refractivity contribution in [2.75, 3.05) is 56.9 Å². The van der Waals surface area contributed by atoms with Gasteiger partial charge in [0.25, 0.3) is 0 Å². The van der Waals surface area contributed by atoms with E-state index in [0.717, 1.165) is 35.9 Å². The molecule has 0 fully saturated rings. The van der Waals surface area contributed by atoms with Crippen molar-refractivity contribution in [3.8, 4) is 11.5 Å². The number of fused-ring (bicyclic) bond motifs is 1. The lowest BCUT2D eigenvalue weighted by atomic mass is 10.1. The van der Waals surface area contributed by atoms with Crippen LogP contribution >= 0.6 is 0 Å². The number of nitrogens with zero attached hydrogens (tertiary/aromatic N) is 3. The zero-order chi connectivity index (χ0) is 27.6. The number of aromatic nitrogens is 2. The Balaban J connectivity index is 1.32. The highest BCUT2D eigenvalue weighted by atomic mass is 19.1. The van der Waals surface area contributed by atoms with Crippen LogP contribution < -0.4 is 25.4 Å². The lowest BCUT2D eigenvalue weighted by Gasteiger charge is -2.15. The van der Waals surface area contributed by atoms with Crippen LogP contribution in [0.25, 0.3) is 10.9 Å². The maximum atomic E-state index is 13.3. The summed E-state index contributed by atoms with van der Waals surface area (Å²) in [6.07, 6.45) is 3.18. The van der Waals surface area contributed by atoms with Crippen molar-refractivity contribution >= 4 is 34.1 Å². The highest BCUT2D eigenvalue weighted by molar-refractivity contribution is 5.99. The van der Waals surface area contributed by atoms with Crippen LogP contribution in [0.5, 0.6) is 11.5 Å². The van der Waals surface area contributed by atoms with E-state index in [9.17, 15) is 9.18 Å². The number of carbonyl (C=O) groups is 1. The molecule has 0 radical (unpaired) electrons. The molecule has 0 aliphatic heterocycles. The molecule has 0 aliphatic rings. The number of amides is 2. The fourth-order valence-electron chi connectivity index (χ4n) is 3.98. The minimum atomic E-state index is -0.441. The summed E-state index contributed by atoms with van der Waals surface area (Å²) in [5, 5.41) is 9.59. The van der Waals surface area contributed by atoms with E-state index in [4.69, 9.17) is 9.47 Å². The molecule has 0 saturated carbocycles. The Bertz CT molecular complexity index is 1400. The maximum Gasteiger partial charge on any atom is 0.323 e. The number of halogens is 1. The molecule has 10 heteroatoms. The summed E-state index contributed by atoms with van der Waals surface area (Å²) in [6, 6.07) is 16.6. The number of carbonyl (C=O) groups excluding carboxylic acids is 1. The van der Waals surface area contributed by atoms with Crippen LogP contribution in [0.4, 0.5) is 26.4 Å². The van der Waals surface area contributed by atoms with Gasteiger partial charge in [0, 0.05) is 35.9 Å². The molecular weight excluding hydrogens is 499 g/mol. The van der Waals surface area contributed by atoms with E-state index in [-0.39, 0.29) is 0 Å². The summed E-state index contributed by atoms with van der Waals surface area (Å²) < 4.78 is 24.8. The van der Waals surface area contributed by atoms with Crippen molar-refractivity contribution < 1.29 is 18.7 Å². The van der Waals surface area contributed by atoms with Gasteiger partial charge in [0.05, 0.1) is 19.2 Å². The van der Waals surface area contributed by atoms with Gasteiger partial charge in [-0.25, -0.2) is 19.2 Å². The molecule has 0 unspecified atom stereocenters. The van der Waals surface area contributed by atoms with Crippen LogP contribution in [0.1, 0.15) is 12.0 Å². The summed E-state index contributed by atoms with van der Waals surface area (Å²) in [6.45, 7) is 2.17. The Labute approximate surface area is 227 Å². The van der Waals surface area contributed by atoms with E-state index in [1.165, 1.54) is 24.5 Å². The second kappa shape index (κ2) is 13.4. The van der Waals surface area contributed by atoms with Gasteiger partial charge < -0.3 is 30.3 Å². The van der Waals surface area contributed by atoms with Crippen LogP contribution in [0.2, 0.25) is 0 Å². The van der Waals surface area contributed by atoms with E-state index in [0.29, 0.717) is 41.8 Å². The van der Waals surface area contributed by atoms with Crippen LogP contribution in [-0.2, 0) is 6.42 Å².